The highest BCUT2D eigenvalue weighted by atomic mass is 35.5. The van der Waals surface area contributed by atoms with Gasteiger partial charge in [-0.1, -0.05) is 79.5 Å². The summed E-state index contributed by atoms with van der Waals surface area (Å²) in [5.74, 6) is 0.363. The molecule has 0 aliphatic rings. The van der Waals surface area contributed by atoms with E-state index in [4.69, 9.17) is 27.9 Å². The van der Waals surface area contributed by atoms with Crippen molar-refractivity contribution in [1.29, 1.82) is 0 Å². The third kappa shape index (κ3) is 6.62. The Labute approximate surface area is 204 Å². The molecule has 5 nitrogen and oxygen atoms in total. The van der Waals surface area contributed by atoms with Gasteiger partial charge in [-0.25, -0.2) is 0 Å². The van der Waals surface area contributed by atoms with Gasteiger partial charge >= 0.3 is 0 Å². The molecule has 174 valence electrons. The SMILES string of the molecule is CC(C)CNC(=O)[C@@H](C)N(Cc1ccc(Cl)cc1Cl)C(=O)COc1cccc2ccccc12. The van der Waals surface area contributed by atoms with Crippen molar-refractivity contribution in [2.24, 2.45) is 5.92 Å². The number of hydrogen-bond acceptors (Lipinski definition) is 3. The molecule has 0 unspecified atom stereocenters. The molecule has 0 saturated carbocycles. The van der Waals surface area contributed by atoms with Gasteiger partial charge in [0.15, 0.2) is 6.61 Å². The maximum absolute atomic E-state index is 13.3. The molecule has 0 aromatic heterocycles. The zero-order valence-electron chi connectivity index (χ0n) is 19.0. The average Bonchev–Trinajstić information content (AvgIpc) is 2.80. The quantitative estimate of drug-likeness (QED) is 0.420. The minimum absolute atomic E-state index is 0.157. The average molecular weight is 487 g/mol. The van der Waals surface area contributed by atoms with Crippen molar-refractivity contribution < 1.29 is 14.3 Å². The fraction of sp³-hybridized carbons (Fsp3) is 0.308. The summed E-state index contributed by atoms with van der Waals surface area (Å²) in [5.41, 5.74) is 0.697. The normalized spacial score (nSPS) is 11.9. The largest absolute Gasteiger partial charge is 0.483 e. The van der Waals surface area contributed by atoms with Crippen LogP contribution in [0.25, 0.3) is 10.8 Å². The highest BCUT2D eigenvalue weighted by Gasteiger charge is 2.27. The van der Waals surface area contributed by atoms with Crippen molar-refractivity contribution in [1.82, 2.24) is 10.2 Å². The van der Waals surface area contributed by atoms with Crippen molar-refractivity contribution in [3.63, 3.8) is 0 Å². The van der Waals surface area contributed by atoms with Crippen LogP contribution in [0.4, 0.5) is 0 Å². The minimum Gasteiger partial charge on any atom is -0.483 e. The third-order valence-corrected chi connectivity index (χ3v) is 5.90. The zero-order chi connectivity index (χ0) is 24.0. The second-order valence-electron chi connectivity index (χ2n) is 8.34. The van der Waals surface area contributed by atoms with E-state index in [1.807, 2.05) is 56.3 Å². The Hall–Kier alpha value is -2.76. The van der Waals surface area contributed by atoms with Gasteiger partial charge in [0.1, 0.15) is 11.8 Å². The van der Waals surface area contributed by atoms with Crippen LogP contribution < -0.4 is 10.1 Å². The van der Waals surface area contributed by atoms with Gasteiger partial charge in [0, 0.05) is 28.5 Å². The predicted octanol–water partition coefficient (Wildman–Crippen LogP) is 5.71. The van der Waals surface area contributed by atoms with Gasteiger partial charge in [-0.05, 0) is 42.0 Å². The lowest BCUT2D eigenvalue weighted by molar-refractivity contribution is -0.142. The molecule has 0 spiro atoms. The van der Waals surface area contributed by atoms with Crippen molar-refractivity contribution in [3.8, 4) is 5.75 Å². The zero-order valence-corrected chi connectivity index (χ0v) is 20.5. The molecule has 0 saturated heterocycles. The first kappa shape index (κ1) is 24.9. The molecule has 1 atom stereocenters. The van der Waals surface area contributed by atoms with Crippen LogP contribution in [-0.4, -0.2) is 35.9 Å². The summed E-state index contributed by atoms with van der Waals surface area (Å²) in [7, 11) is 0. The summed E-state index contributed by atoms with van der Waals surface area (Å²) < 4.78 is 5.90. The predicted molar refractivity (Wildman–Crippen MR) is 134 cm³/mol. The molecule has 0 radical (unpaired) electrons. The molecule has 0 aliphatic carbocycles. The second kappa shape index (κ2) is 11.4. The van der Waals surface area contributed by atoms with E-state index in [0.29, 0.717) is 33.8 Å². The van der Waals surface area contributed by atoms with E-state index in [-0.39, 0.29) is 25.0 Å². The number of fused-ring (bicyclic) bond motifs is 1. The second-order valence-corrected chi connectivity index (χ2v) is 9.18. The van der Waals surface area contributed by atoms with Gasteiger partial charge in [0.2, 0.25) is 5.91 Å². The molecular formula is C26H28Cl2N2O3. The van der Waals surface area contributed by atoms with E-state index in [0.717, 1.165) is 10.8 Å². The molecule has 3 rings (SSSR count). The van der Waals surface area contributed by atoms with Crippen LogP contribution in [0, 0.1) is 5.92 Å². The van der Waals surface area contributed by atoms with Crippen LogP contribution in [0.2, 0.25) is 10.0 Å². The summed E-state index contributed by atoms with van der Waals surface area (Å²) >= 11 is 12.4. The number of carbonyl (C=O) groups excluding carboxylic acids is 2. The number of amides is 2. The van der Waals surface area contributed by atoms with E-state index < -0.39 is 6.04 Å². The number of ether oxygens (including phenoxy) is 1. The number of nitrogens with one attached hydrogen (secondary N) is 1. The minimum atomic E-state index is -0.709. The van der Waals surface area contributed by atoms with Crippen LogP contribution >= 0.6 is 23.2 Å². The Morgan fingerprint density at radius 2 is 1.73 bits per heavy atom. The summed E-state index contributed by atoms with van der Waals surface area (Å²) in [4.78, 5) is 27.5. The lowest BCUT2D eigenvalue weighted by Gasteiger charge is -2.29. The molecule has 2 amide bonds. The number of carbonyl (C=O) groups is 2. The maximum atomic E-state index is 13.3. The molecular weight excluding hydrogens is 459 g/mol. The highest BCUT2D eigenvalue weighted by molar-refractivity contribution is 6.35. The Kier molecular flexibility index (Phi) is 8.59. The van der Waals surface area contributed by atoms with Crippen LogP contribution in [0.5, 0.6) is 5.75 Å². The number of rotatable bonds is 9. The Bertz CT molecular complexity index is 1130. The van der Waals surface area contributed by atoms with Gasteiger partial charge in [-0.2, -0.15) is 0 Å². The Balaban J connectivity index is 1.80. The third-order valence-electron chi connectivity index (χ3n) is 5.31. The number of nitrogens with zero attached hydrogens (tertiary/aromatic N) is 1. The van der Waals surface area contributed by atoms with Gasteiger partial charge in [0.05, 0.1) is 0 Å². The molecule has 0 fully saturated rings. The van der Waals surface area contributed by atoms with Crippen LogP contribution in [0.15, 0.2) is 60.7 Å². The smallest absolute Gasteiger partial charge is 0.261 e. The first-order chi connectivity index (χ1) is 15.8. The van der Waals surface area contributed by atoms with Gasteiger partial charge in [-0.3, -0.25) is 9.59 Å². The van der Waals surface area contributed by atoms with E-state index >= 15 is 0 Å². The van der Waals surface area contributed by atoms with E-state index in [2.05, 4.69) is 5.32 Å². The van der Waals surface area contributed by atoms with Crippen LogP contribution in [-0.2, 0) is 16.1 Å². The van der Waals surface area contributed by atoms with E-state index in [1.54, 1.807) is 25.1 Å². The van der Waals surface area contributed by atoms with Crippen LogP contribution in [0.3, 0.4) is 0 Å². The summed E-state index contributed by atoms with van der Waals surface area (Å²) in [6, 6.07) is 17.9. The topological polar surface area (TPSA) is 58.6 Å². The molecule has 7 heteroatoms. The molecule has 3 aromatic carbocycles. The first-order valence-corrected chi connectivity index (χ1v) is 11.6. The van der Waals surface area contributed by atoms with E-state index in [9.17, 15) is 9.59 Å². The number of halogens is 2. The number of hydrogen-bond donors (Lipinski definition) is 1. The fourth-order valence-electron chi connectivity index (χ4n) is 3.41. The molecule has 33 heavy (non-hydrogen) atoms. The molecule has 1 N–H and O–H groups in total. The molecule has 0 aliphatic heterocycles. The summed E-state index contributed by atoms with van der Waals surface area (Å²) in [6.07, 6.45) is 0. The molecule has 0 heterocycles. The Morgan fingerprint density at radius 3 is 2.45 bits per heavy atom. The first-order valence-electron chi connectivity index (χ1n) is 10.9. The van der Waals surface area contributed by atoms with Gasteiger partial charge in [-0.15, -0.1) is 0 Å². The van der Waals surface area contributed by atoms with Crippen molar-refractivity contribution in [3.05, 3.63) is 76.3 Å². The Morgan fingerprint density at radius 1 is 1.00 bits per heavy atom. The summed E-state index contributed by atoms with van der Waals surface area (Å²) in [5, 5.41) is 5.78. The molecule has 0 bridgehead atoms. The van der Waals surface area contributed by atoms with Gasteiger partial charge in [0.25, 0.3) is 5.91 Å². The monoisotopic (exact) mass is 486 g/mol. The lowest BCUT2D eigenvalue weighted by Crippen LogP contribution is -2.49. The van der Waals surface area contributed by atoms with Crippen molar-refractivity contribution in [2.45, 2.75) is 33.4 Å². The van der Waals surface area contributed by atoms with Crippen molar-refractivity contribution >= 4 is 45.8 Å². The van der Waals surface area contributed by atoms with Crippen molar-refractivity contribution in [2.75, 3.05) is 13.2 Å². The highest BCUT2D eigenvalue weighted by Crippen LogP contribution is 2.26. The fourth-order valence-corrected chi connectivity index (χ4v) is 3.88. The van der Waals surface area contributed by atoms with Gasteiger partial charge < -0.3 is 15.0 Å². The summed E-state index contributed by atoms with van der Waals surface area (Å²) in [6.45, 7) is 6.21. The van der Waals surface area contributed by atoms with Crippen LogP contribution in [0.1, 0.15) is 26.3 Å². The standard InChI is InChI=1S/C26H28Cl2N2O3/c1-17(2)14-29-26(32)18(3)30(15-20-11-12-21(27)13-23(20)28)25(31)16-33-24-10-6-8-19-7-4-5-9-22(19)24/h4-13,17-18H,14-16H2,1-3H3,(H,29,32)/t18-/m1/s1. The molecule has 3 aromatic rings. The number of benzene rings is 3. The lowest BCUT2D eigenvalue weighted by atomic mass is 10.1. The maximum Gasteiger partial charge on any atom is 0.261 e. The van der Waals surface area contributed by atoms with E-state index in [1.165, 1.54) is 4.90 Å².